The molecule has 0 fully saturated rings. The monoisotopic (exact) mass is 442 g/mol. The summed E-state index contributed by atoms with van der Waals surface area (Å²) in [5.74, 6) is 0.370. The van der Waals surface area contributed by atoms with E-state index >= 15 is 0 Å². The first kappa shape index (κ1) is 19.8. The van der Waals surface area contributed by atoms with Crippen LogP contribution in [0.15, 0.2) is 56.8 Å². The molecule has 1 heterocycles. The molecule has 3 rings (SSSR count). The fourth-order valence-electron chi connectivity index (χ4n) is 2.61. The second-order valence-electron chi connectivity index (χ2n) is 5.94. The number of halogens is 1. The van der Waals surface area contributed by atoms with Crippen LogP contribution in [0.1, 0.15) is 24.6 Å². The highest BCUT2D eigenvalue weighted by Crippen LogP contribution is 2.21. The number of H-pyrrole nitrogens is 1. The zero-order valence-electron chi connectivity index (χ0n) is 15.2. The summed E-state index contributed by atoms with van der Waals surface area (Å²) < 4.78 is 6.41. The Kier molecular flexibility index (Phi) is 6.54. The number of carbonyl (C=O) groups is 1. The van der Waals surface area contributed by atoms with Gasteiger partial charge in [-0.25, -0.2) is 10.4 Å². The number of hydrogen-bond donors (Lipinski definition) is 2. The zero-order chi connectivity index (χ0) is 19.9. The number of rotatable bonds is 7. The van der Waals surface area contributed by atoms with E-state index in [4.69, 9.17) is 4.74 Å². The van der Waals surface area contributed by atoms with Crippen LogP contribution in [0.4, 0.5) is 0 Å². The lowest BCUT2D eigenvalue weighted by Crippen LogP contribution is -2.21. The Morgan fingerprint density at radius 2 is 2.14 bits per heavy atom. The van der Waals surface area contributed by atoms with Crippen molar-refractivity contribution in [1.29, 1.82) is 0 Å². The van der Waals surface area contributed by atoms with Gasteiger partial charge in [-0.3, -0.25) is 9.59 Å². The Morgan fingerprint density at radius 1 is 1.32 bits per heavy atom. The van der Waals surface area contributed by atoms with Gasteiger partial charge in [0.15, 0.2) is 0 Å². The number of nitrogens with zero attached hydrogens (tertiary/aromatic N) is 2. The second-order valence-corrected chi connectivity index (χ2v) is 6.85. The Labute approximate surface area is 170 Å². The molecule has 0 aliphatic carbocycles. The van der Waals surface area contributed by atoms with Crippen LogP contribution in [0.2, 0.25) is 0 Å². The van der Waals surface area contributed by atoms with Gasteiger partial charge in [-0.1, -0.05) is 28.1 Å². The number of carbonyl (C=O) groups excluding carboxylic acids is 1. The Balaban J connectivity index is 1.61. The number of aromatic nitrogens is 2. The third kappa shape index (κ3) is 5.04. The van der Waals surface area contributed by atoms with Crippen molar-refractivity contribution in [2.24, 2.45) is 5.10 Å². The minimum atomic E-state index is -0.307. The van der Waals surface area contributed by atoms with Gasteiger partial charge in [-0.2, -0.15) is 5.10 Å². The van der Waals surface area contributed by atoms with Gasteiger partial charge in [-0.15, -0.1) is 0 Å². The summed E-state index contributed by atoms with van der Waals surface area (Å²) in [6.45, 7) is 2.43. The summed E-state index contributed by atoms with van der Waals surface area (Å²) in [5.41, 5.74) is 4.60. The first-order chi connectivity index (χ1) is 13.6. The summed E-state index contributed by atoms with van der Waals surface area (Å²) >= 11 is 3.40. The number of nitrogens with one attached hydrogen (secondary N) is 2. The largest absolute Gasteiger partial charge is 0.493 e. The van der Waals surface area contributed by atoms with Crippen LogP contribution < -0.4 is 15.7 Å². The van der Waals surface area contributed by atoms with Crippen LogP contribution in [0.25, 0.3) is 11.0 Å². The normalized spacial score (nSPS) is 11.1. The Bertz CT molecular complexity index is 1080. The number of fused-ring (bicyclic) bond motifs is 1. The van der Waals surface area contributed by atoms with Crippen LogP contribution in [0, 0.1) is 0 Å². The summed E-state index contributed by atoms with van der Waals surface area (Å²) in [5, 5.41) is 3.98. The van der Waals surface area contributed by atoms with Crippen molar-refractivity contribution in [3.8, 4) is 5.75 Å². The molecule has 3 aromatic rings. The van der Waals surface area contributed by atoms with E-state index in [1.54, 1.807) is 6.07 Å². The quantitative estimate of drug-likeness (QED) is 0.433. The second kappa shape index (κ2) is 9.27. The van der Waals surface area contributed by atoms with Crippen molar-refractivity contribution < 1.29 is 9.53 Å². The molecule has 0 atom stereocenters. The molecule has 0 spiro atoms. The van der Waals surface area contributed by atoms with Gasteiger partial charge >= 0.3 is 0 Å². The number of benzene rings is 2. The van der Waals surface area contributed by atoms with Crippen molar-refractivity contribution in [2.45, 2.75) is 19.8 Å². The Hall–Kier alpha value is -3.00. The minimum Gasteiger partial charge on any atom is -0.493 e. The average molecular weight is 443 g/mol. The lowest BCUT2D eigenvalue weighted by molar-refractivity contribution is -0.121. The molecular weight excluding hydrogens is 424 g/mol. The zero-order valence-corrected chi connectivity index (χ0v) is 16.8. The molecule has 0 aliphatic heterocycles. The molecule has 28 heavy (non-hydrogen) atoms. The highest BCUT2D eigenvalue weighted by atomic mass is 79.9. The molecule has 0 radical (unpaired) electrons. The number of amides is 1. The number of hydrazone groups is 1. The van der Waals surface area contributed by atoms with Gasteiger partial charge in [0, 0.05) is 22.9 Å². The highest BCUT2D eigenvalue weighted by molar-refractivity contribution is 9.10. The molecular formula is C20H19BrN4O3. The third-order valence-electron chi connectivity index (χ3n) is 3.92. The van der Waals surface area contributed by atoms with E-state index in [9.17, 15) is 9.59 Å². The fraction of sp³-hybridized carbons (Fsp3) is 0.200. The fourth-order valence-corrected chi connectivity index (χ4v) is 2.98. The minimum absolute atomic E-state index is 0.0998. The van der Waals surface area contributed by atoms with E-state index < -0.39 is 0 Å². The molecule has 2 aromatic carbocycles. The van der Waals surface area contributed by atoms with Crippen LogP contribution in [0.5, 0.6) is 5.75 Å². The van der Waals surface area contributed by atoms with E-state index in [2.05, 4.69) is 36.4 Å². The van der Waals surface area contributed by atoms with Crippen LogP contribution in [-0.2, 0) is 11.2 Å². The molecule has 1 aromatic heterocycles. The standard InChI is InChI=1S/C20H19BrN4O3/c1-2-28-18-9-7-14(21)11-13(18)12-22-25-19(26)10-8-17-20(27)24-16-6-4-3-5-15(16)23-17/h3-7,9,11-12H,2,8,10H2,1H3,(H,24,27)(H,25,26)/b22-12+. The molecule has 0 unspecified atom stereocenters. The first-order valence-electron chi connectivity index (χ1n) is 8.79. The van der Waals surface area contributed by atoms with Crippen molar-refractivity contribution in [3.05, 3.63) is 68.5 Å². The first-order valence-corrected chi connectivity index (χ1v) is 9.58. The van der Waals surface area contributed by atoms with Crippen molar-refractivity contribution in [3.63, 3.8) is 0 Å². The summed E-state index contributed by atoms with van der Waals surface area (Å²) in [4.78, 5) is 31.2. The van der Waals surface area contributed by atoms with Gasteiger partial charge in [0.05, 0.1) is 23.9 Å². The van der Waals surface area contributed by atoms with E-state index in [-0.39, 0.29) is 24.3 Å². The molecule has 0 saturated carbocycles. The number of ether oxygens (including phenoxy) is 1. The molecule has 0 saturated heterocycles. The lowest BCUT2D eigenvalue weighted by Gasteiger charge is -2.07. The number of para-hydroxylation sites is 2. The third-order valence-corrected chi connectivity index (χ3v) is 4.42. The number of aromatic amines is 1. The molecule has 1 amide bonds. The highest BCUT2D eigenvalue weighted by Gasteiger charge is 2.08. The molecule has 0 bridgehead atoms. The number of aryl methyl sites for hydroxylation is 1. The van der Waals surface area contributed by atoms with Crippen molar-refractivity contribution in [1.82, 2.24) is 15.4 Å². The van der Waals surface area contributed by atoms with Crippen molar-refractivity contribution in [2.75, 3.05) is 6.61 Å². The molecule has 7 nitrogen and oxygen atoms in total. The van der Waals surface area contributed by atoms with E-state index in [1.165, 1.54) is 6.21 Å². The molecule has 2 N–H and O–H groups in total. The van der Waals surface area contributed by atoms with E-state index in [0.29, 0.717) is 29.1 Å². The maximum absolute atomic E-state index is 12.1. The van der Waals surface area contributed by atoms with Gasteiger partial charge in [0.1, 0.15) is 11.4 Å². The van der Waals surface area contributed by atoms with Crippen molar-refractivity contribution >= 4 is 39.1 Å². The maximum atomic E-state index is 12.1. The van der Waals surface area contributed by atoms with Gasteiger partial charge in [-0.05, 0) is 37.3 Å². The van der Waals surface area contributed by atoms with Gasteiger partial charge in [0.2, 0.25) is 5.91 Å². The van der Waals surface area contributed by atoms with Crippen LogP contribution in [0.3, 0.4) is 0 Å². The van der Waals surface area contributed by atoms with Gasteiger partial charge in [0.25, 0.3) is 5.56 Å². The summed E-state index contributed by atoms with van der Waals surface area (Å²) in [7, 11) is 0. The maximum Gasteiger partial charge on any atom is 0.270 e. The molecule has 144 valence electrons. The predicted molar refractivity (Wildman–Crippen MR) is 112 cm³/mol. The van der Waals surface area contributed by atoms with Crippen LogP contribution >= 0.6 is 15.9 Å². The Morgan fingerprint density at radius 3 is 2.96 bits per heavy atom. The summed E-state index contributed by atoms with van der Waals surface area (Å²) in [6, 6.07) is 12.8. The molecule has 8 heteroatoms. The summed E-state index contributed by atoms with van der Waals surface area (Å²) in [6.07, 6.45) is 1.85. The van der Waals surface area contributed by atoms with E-state index in [0.717, 1.165) is 10.0 Å². The smallest absolute Gasteiger partial charge is 0.270 e. The van der Waals surface area contributed by atoms with Gasteiger partial charge < -0.3 is 9.72 Å². The van der Waals surface area contributed by atoms with E-state index in [1.807, 2.05) is 43.3 Å². The predicted octanol–water partition coefficient (Wildman–Crippen LogP) is 3.17. The molecule has 0 aliphatic rings. The van der Waals surface area contributed by atoms with Crippen LogP contribution in [-0.4, -0.2) is 28.7 Å². The average Bonchev–Trinajstić information content (AvgIpc) is 2.68. The lowest BCUT2D eigenvalue weighted by atomic mass is 10.2. The number of hydrogen-bond acceptors (Lipinski definition) is 5. The SMILES string of the molecule is CCOc1ccc(Br)cc1/C=N/NC(=O)CCc1nc2ccccc2[nH]c1=O. The topological polar surface area (TPSA) is 96.4 Å².